The van der Waals surface area contributed by atoms with E-state index < -0.39 is 0 Å². The van der Waals surface area contributed by atoms with Gasteiger partial charge in [0.2, 0.25) is 5.78 Å². The predicted molar refractivity (Wildman–Crippen MR) is 259 cm³/mol. The molecule has 0 saturated heterocycles. The lowest BCUT2D eigenvalue weighted by molar-refractivity contribution is 0.332. The maximum atomic E-state index is 5.88. The van der Waals surface area contributed by atoms with Crippen molar-refractivity contribution in [2.45, 2.75) is 48.0 Å². The lowest BCUT2D eigenvalue weighted by Crippen LogP contribution is -2.53. The zero-order valence-corrected chi connectivity index (χ0v) is 36.0. The Labute approximate surface area is 362 Å². The Morgan fingerprint density at radius 2 is 1.06 bits per heavy atom. The van der Waals surface area contributed by atoms with Crippen molar-refractivity contribution in [1.29, 1.82) is 0 Å². The fourth-order valence-electron chi connectivity index (χ4n) is 11.6. The second-order valence-corrected chi connectivity index (χ2v) is 18.8. The van der Waals surface area contributed by atoms with Crippen molar-refractivity contribution in [3.8, 4) is 44.8 Å². The molecule has 0 N–H and O–H groups in total. The van der Waals surface area contributed by atoms with Crippen LogP contribution in [0.3, 0.4) is 0 Å². The monoisotopic (exact) mass is 799 g/mol. The number of aromatic nitrogens is 5. The Morgan fingerprint density at radius 3 is 1.66 bits per heavy atom. The molecule has 0 fully saturated rings. The first-order valence-electron chi connectivity index (χ1n) is 21.9. The van der Waals surface area contributed by atoms with Crippen LogP contribution in [-0.2, 0) is 0 Å². The molecule has 12 rings (SSSR count). The Hall–Kier alpha value is -7.05. The first-order valence-corrected chi connectivity index (χ1v) is 21.9. The van der Waals surface area contributed by atoms with Gasteiger partial charge in [-0.1, -0.05) is 179 Å². The van der Waals surface area contributed by atoms with E-state index in [4.69, 9.17) is 15.0 Å². The number of imidazole rings is 1. The van der Waals surface area contributed by atoms with Crippen LogP contribution in [0.5, 0.6) is 0 Å². The molecule has 10 aromatic rings. The average molecular weight is 800 g/mol. The number of hydrogen-bond donors (Lipinski definition) is 0. The number of aryl methyl sites for hydroxylation is 2. The number of hydrogen-bond acceptors (Lipinski definition) is 3. The molecule has 4 heterocycles. The number of benzene rings is 7. The SMILES string of the molecule is Cc1ccc2c3c1c(C)cc1c3n(c3nc4c(-c5ccccc5)ccc(-c5ccccc5)c4n23)C2=C(B1c1nc(-c3ccccc3)cc(-c3ccccc3)n1)C(C)(C)CC2(C)C. The molecule has 0 atom stereocenters. The van der Waals surface area contributed by atoms with E-state index in [0.29, 0.717) is 0 Å². The molecule has 6 heteroatoms. The Kier molecular flexibility index (Phi) is 7.85. The molecular weight excluding hydrogens is 753 g/mol. The Bertz CT molecular complexity index is 3430. The fourth-order valence-corrected chi connectivity index (χ4v) is 11.6. The minimum Gasteiger partial charge on any atom is -0.284 e. The van der Waals surface area contributed by atoms with Crippen molar-refractivity contribution < 1.29 is 0 Å². The summed E-state index contributed by atoms with van der Waals surface area (Å²) in [5.74, 6) is 0.934. The molecule has 1 aliphatic carbocycles. The van der Waals surface area contributed by atoms with Gasteiger partial charge in [-0.05, 0) is 70.9 Å². The second-order valence-electron chi connectivity index (χ2n) is 18.8. The summed E-state index contributed by atoms with van der Waals surface area (Å²) < 4.78 is 5.08. The molecule has 0 bridgehead atoms. The van der Waals surface area contributed by atoms with Crippen LogP contribution in [0.15, 0.2) is 163 Å². The summed E-state index contributed by atoms with van der Waals surface area (Å²) in [5.41, 5.74) is 20.0. The van der Waals surface area contributed by atoms with Gasteiger partial charge in [0, 0.05) is 38.8 Å². The van der Waals surface area contributed by atoms with Gasteiger partial charge in [-0.2, -0.15) is 0 Å². The molecule has 1 aliphatic heterocycles. The summed E-state index contributed by atoms with van der Waals surface area (Å²) in [4.78, 5) is 17.1. The van der Waals surface area contributed by atoms with E-state index in [2.05, 4.69) is 208 Å². The number of fused-ring (bicyclic) bond motifs is 6. The topological polar surface area (TPSA) is 48.0 Å². The lowest BCUT2D eigenvalue weighted by Gasteiger charge is -2.35. The molecule has 2 aliphatic rings. The van der Waals surface area contributed by atoms with E-state index in [0.717, 1.165) is 68.1 Å². The van der Waals surface area contributed by atoms with Gasteiger partial charge in [0.15, 0.2) is 0 Å². The zero-order chi connectivity index (χ0) is 42.1. The summed E-state index contributed by atoms with van der Waals surface area (Å²) in [7, 11) is 0. The summed E-state index contributed by atoms with van der Waals surface area (Å²) >= 11 is 0. The molecule has 0 spiro atoms. The number of nitrogens with zero attached hydrogens (tertiary/aromatic N) is 5. The van der Waals surface area contributed by atoms with Crippen molar-refractivity contribution in [3.63, 3.8) is 0 Å². The van der Waals surface area contributed by atoms with Crippen molar-refractivity contribution in [3.05, 3.63) is 174 Å². The molecule has 0 amide bonds. The van der Waals surface area contributed by atoms with Crippen LogP contribution in [0, 0.1) is 24.7 Å². The summed E-state index contributed by atoms with van der Waals surface area (Å²) in [6.07, 6.45) is 0.975. The van der Waals surface area contributed by atoms with Gasteiger partial charge in [-0.25, -0.2) is 15.0 Å². The van der Waals surface area contributed by atoms with Crippen LogP contribution in [0.25, 0.3) is 89.1 Å². The Morgan fingerprint density at radius 1 is 0.516 bits per heavy atom. The van der Waals surface area contributed by atoms with Gasteiger partial charge < -0.3 is 0 Å². The fraction of sp³-hybridized carbons (Fsp3) is 0.161. The Balaban J connectivity index is 1.29. The van der Waals surface area contributed by atoms with Crippen LogP contribution >= 0.6 is 0 Å². The van der Waals surface area contributed by atoms with Gasteiger partial charge in [0.25, 0.3) is 6.71 Å². The van der Waals surface area contributed by atoms with E-state index >= 15 is 0 Å². The van der Waals surface area contributed by atoms with Crippen LogP contribution in [0.4, 0.5) is 0 Å². The van der Waals surface area contributed by atoms with Crippen molar-refractivity contribution >= 4 is 62.2 Å². The highest BCUT2D eigenvalue weighted by atomic mass is 15.2. The van der Waals surface area contributed by atoms with Crippen LogP contribution in [-0.4, -0.2) is 30.6 Å². The van der Waals surface area contributed by atoms with Gasteiger partial charge >= 0.3 is 0 Å². The quantitative estimate of drug-likeness (QED) is 0.163. The molecule has 0 radical (unpaired) electrons. The van der Waals surface area contributed by atoms with Crippen molar-refractivity contribution in [2.75, 3.05) is 0 Å². The lowest BCUT2D eigenvalue weighted by atomic mass is 9.34. The highest BCUT2D eigenvalue weighted by Crippen LogP contribution is 2.58. The van der Waals surface area contributed by atoms with Crippen LogP contribution in [0.2, 0.25) is 0 Å². The summed E-state index contributed by atoms with van der Waals surface area (Å²) in [5, 5.41) is 2.55. The standard InChI is InChI=1S/C56H46BN5/c1-34-27-30-45-47-46(34)35(2)31-42-50(47)62(54-60-48-40(36-19-11-7-12-20-36)28-29-41(49(48)61(45)54)37-21-13-8-14-22-37)52-51(55(3,4)33-56(52,5)6)57(42)53-58-43(38-23-15-9-16-24-38)32-44(59-53)39-25-17-10-18-26-39/h7-32H,33H2,1-6H3. The molecule has 7 aromatic carbocycles. The maximum Gasteiger partial charge on any atom is 0.290 e. The second kappa shape index (κ2) is 13.2. The summed E-state index contributed by atoms with van der Waals surface area (Å²) in [6.45, 7) is 14.1. The third-order valence-electron chi connectivity index (χ3n) is 13.8. The van der Waals surface area contributed by atoms with E-state index in [9.17, 15) is 0 Å². The largest absolute Gasteiger partial charge is 0.290 e. The van der Waals surface area contributed by atoms with Crippen molar-refractivity contribution in [1.82, 2.24) is 23.9 Å². The third kappa shape index (κ3) is 5.25. The van der Waals surface area contributed by atoms with E-state index in [1.54, 1.807) is 0 Å². The van der Waals surface area contributed by atoms with Gasteiger partial charge in [0.1, 0.15) is 0 Å². The van der Waals surface area contributed by atoms with Crippen molar-refractivity contribution in [2.24, 2.45) is 10.8 Å². The predicted octanol–water partition coefficient (Wildman–Crippen LogP) is 12.5. The van der Waals surface area contributed by atoms with Gasteiger partial charge in [0.05, 0.1) is 39.2 Å². The molecule has 298 valence electrons. The first kappa shape index (κ1) is 36.8. The summed E-state index contributed by atoms with van der Waals surface area (Å²) in [6, 6.07) is 56.6. The normalized spacial score (nSPS) is 15.4. The zero-order valence-electron chi connectivity index (χ0n) is 36.0. The molecular formula is C56H46BN5. The van der Waals surface area contributed by atoms with Gasteiger partial charge in [-0.15, -0.1) is 0 Å². The number of allylic oxidation sites excluding steroid dienone is 2. The average Bonchev–Trinajstić information content (AvgIpc) is 3.78. The highest BCUT2D eigenvalue weighted by molar-refractivity contribution is 6.93. The first-order chi connectivity index (χ1) is 30.1. The van der Waals surface area contributed by atoms with Crippen LogP contribution < -0.4 is 11.2 Å². The van der Waals surface area contributed by atoms with Gasteiger partial charge in [-0.3, -0.25) is 8.97 Å². The minimum absolute atomic E-state index is 0.183. The van der Waals surface area contributed by atoms with E-state index in [-0.39, 0.29) is 17.5 Å². The third-order valence-corrected chi connectivity index (χ3v) is 13.8. The highest BCUT2D eigenvalue weighted by Gasteiger charge is 2.53. The molecule has 62 heavy (non-hydrogen) atoms. The molecule has 3 aromatic heterocycles. The van der Waals surface area contributed by atoms with Crippen LogP contribution in [0.1, 0.15) is 45.2 Å². The molecule has 0 unspecified atom stereocenters. The maximum absolute atomic E-state index is 5.88. The minimum atomic E-state index is -0.208. The smallest absolute Gasteiger partial charge is 0.284 e. The van der Waals surface area contributed by atoms with E-state index in [1.165, 1.54) is 55.2 Å². The number of rotatable bonds is 5. The molecule has 5 nitrogen and oxygen atoms in total. The molecule has 0 saturated carbocycles. The van der Waals surface area contributed by atoms with E-state index in [1.807, 2.05) is 0 Å².